The minimum Gasteiger partial charge on any atom is -0.383 e. The van der Waals surface area contributed by atoms with Gasteiger partial charge in [0.25, 0.3) is 5.69 Å². The van der Waals surface area contributed by atoms with Crippen LogP contribution < -0.4 is 5.32 Å². The van der Waals surface area contributed by atoms with E-state index in [0.29, 0.717) is 5.69 Å². The molecule has 0 aliphatic heterocycles. The van der Waals surface area contributed by atoms with Crippen molar-refractivity contribution in [2.45, 2.75) is 26.8 Å². The predicted octanol–water partition coefficient (Wildman–Crippen LogP) is 2.87. The predicted molar refractivity (Wildman–Crippen MR) is 73.9 cm³/mol. The number of hydrogen-bond acceptors (Lipinski definition) is 4. The number of nitrogens with one attached hydrogen (secondary N) is 1. The number of rotatable bonds is 7. The fourth-order valence-corrected chi connectivity index (χ4v) is 1.96. The van der Waals surface area contributed by atoms with Gasteiger partial charge in [-0.2, -0.15) is 0 Å². The molecule has 0 bridgehead atoms. The molecule has 0 radical (unpaired) electrons. The molecule has 1 aromatic carbocycles. The number of nitro benzene ring substituents is 1. The second-order valence-electron chi connectivity index (χ2n) is 4.23. The average Bonchev–Trinajstić information content (AvgIpc) is 2.38. The third-order valence-corrected chi connectivity index (χ3v) is 2.92. The van der Waals surface area contributed by atoms with E-state index in [4.69, 9.17) is 0 Å². The molecule has 0 aromatic heterocycles. The molecule has 1 aromatic rings. The highest BCUT2D eigenvalue weighted by molar-refractivity contribution is 5.62. The van der Waals surface area contributed by atoms with E-state index in [9.17, 15) is 10.1 Å². The molecule has 0 aliphatic carbocycles. The van der Waals surface area contributed by atoms with Crippen LogP contribution in [0, 0.1) is 10.1 Å². The van der Waals surface area contributed by atoms with E-state index in [-0.39, 0.29) is 10.6 Å². The van der Waals surface area contributed by atoms with Crippen LogP contribution in [0.2, 0.25) is 0 Å². The van der Waals surface area contributed by atoms with E-state index in [0.717, 1.165) is 31.6 Å². The smallest absolute Gasteiger partial charge is 0.292 e. The molecule has 0 fully saturated rings. The summed E-state index contributed by atoms with van der Waals surface area (Å²) in [7, 11) is 1.69. The average molecular weight is 251 g/mol. The molecule has 5 nitrogen and oxygen atoms in total. The normalized spacial score (nSPS) is 10.7. The van der Waals surface area contributed by atoms with Gasteiger partial charge in [0.2, 0.25) is 0 Å². The summed E-state index contributed by atoms with van der Waals surface area (Å²) in [4.78, 5) is 12.9. The fraction of sp³-hybridized carbons (Fsp3) is 0.538. The van der Waals surface area contributed by atoms with Gasteiger partial charge in [-0.05, 0) is 31.1 Å². The molecule has 0 spiro atoms. The molecule has 0 saturated heterocycles. The molecule has 0 amide bonds. The van der Waals surface area contributed by atoms with Crippen LogP contribution in [0.3, 0.4) is 0 Å². The quantitative estimate of drug-likeness (QED) is 0.598. The topological polar surface area (TPSA) is 58.4 Å². The van der Waals surface area contributed by atoms with Crippen molar-refractivity contribution < 1.29 is 4.92 Å². The zero-order valence-electron chi connectivity index (χ0n) is 11.3. The Morgan fingerprint density at radius 1 is 1.39 bits per heavy atom. The summed E-state index contributed by atoms with van der Waals surface area (Å²) in [5, 5.41) is 13.8. The monoisotopic (exact) mass is 251 g/mol. The van der Waals surface area contributed by atoms with Crippen molar-refractivity contribution in [2.75, 3.05) is 25.5 Å². The summed E-state index contributed by atoms with van der Waals surface area (Å²) in [6, 6.07) is 5.37. The summed E-state index contributed by atoms with van der Waals surface area (Å²) < 4.78 is 0. The minimum absolute atomic E-state index is 0.141. The molecule has 0 aliphatic rings. The molecule has 100 valence electrons. The van der Waals surface area contributed by atoms with Crippen molar-refractivity contribution in [3.05, 3.63) is 33.9 Å². The summed E-state index contributed by atoms with van der Waals surface area (Å²) in [5.41, 5.74) is 1.68. The molecule has 1 rings (SSSR count). The molecule has 0 heterocycles. The molecule has 0 atom stereocenters. The van der Waals surface area contributed by atoms with Gasteiger partial charge in [-0.25, -0.2) is 0 Å². The number of nitro groups is 1. The lowest BCUT2D eigenvalue weighted by Gasteiger charge is -2.19. The zero-order chi connectivity index (χ0) is 13.5. The van der Waals surface area contributed by atoms with Gasteiger partial charge in [0, 0.05) is 19.7 Å². The first-order chi connectivity index (χ1) is 8.62. The van der Waals surface area contributed by atoms with Gasteiger partial charge in [0.15, 0.2) is 0 Å². The lowest BCUT2D eigenvalue weighted by molar-refractivity contribution is -0.384. The Hall–Kier alpha value is -1.62. The van der Waals surface area contributed by atoms with Gasteiger partial charge in [-0.15, -0.1) is 0 Å². The van der Waals surface area contributed by atoms with Gasteiger partial charge >= 0.3 is 0 Å². The Kier molecular flexibility index (Phi) is 5.58. The number of nitrogens with zero attached hydrogens (tertiary/aromatic N) is 2. The highest BCUT2D eigenvalue weighted by Gasteiger charge is 2.14. The van der Waals surface area contributed by atoms with Gasteiger partial charge in [-0.3, -0.25) is 15.0 Å². The first-order valence-electron chi connectivity index (χ1n) is 6.29. The molecule has 0 unspecified atom stereocenters. The maximum absolute atomic E-state index is 11.0. The van der Waals surface area contributed by atoms with Gasteiger partial charge in [-0.1, -0.05) is 19.9 Å². The van der Waals surface area contributed by atoms with Crippen LogP contribution >= 0.6 is 0 Å². The lowest BCUT2D eigenvalue weighted by atomic mass is 10.1. The minimum atomic E-state index is -0.342. The number of benzene rings is 1. The maximum Gasteiger partial charge on any atom is 0.292 e. The van der Waals surface area contributed by atoms with Crippen LogP contribution in [0.15, 0.2) is 18.2 Å². The molecule has 0 saturated carbocycles. The van der Waals surface area contributed by atoms with Gasteiger partial charge in [0.1, 0.15) is 5.69 Å². The van der Waals surface area contributed by atoms with E-state index in [1.54, 1.807) is 19.2 Å². The summed E-state index contributed by atoms with van der Waals surface area (Å²) in [6.07, 6.45) is 1.09. The Morgan fingerprint density at radius 3 is 2.61 bits per heavy atom. The van der Waals surface area contributed by atoms with Crippen LogP contribution in [-0.4, -0.2) is 30.0 Å². The summed E-state index contributed by atoms with van der Waals surface area (Å²) in [6.45, 7) is 6.96. The van der Waals surface area contributed by atoms with E-state index in [1.165, 1.54) is 0 Å². The standard InChI is InChI=1S/C13H21N3O2/c1-4-8-15(5-2)10-11-6-7-12(14-3)13(9-11)16(17)18/h6-7,9,14H,4-5,8,10H2,1-3H3. The Bertz CT molecular complexity index is 407. The summed E-state index contributed by atoms with van der Waals surface area (Å²) >= 11 is 0. The first-order valence-corrected chi connectivity index (χ1v) is 6.29. The molecule has 1 N–H and O–H groups in total. The number of hydrogen-bond donors (Lipinski definition) is 1. The molecular formula is C13H21N3O2. The highest BCUT2D eigenvalue weighted by atomic mass is 16.6. The Balaban J connectivity index is 2.90. The van der Waals surface area contributed by atoms with Crippen molar-refractivity contribution in [1.82, 2.24) is 4.90 Å². The Labute approximate surface area is 108 Å². The lowest BCUT2D eigenvalue weighted by Crippen LogP contribution is -2.23. The van der Waals surface area contributed by atoms with Crippen molar-refractivity contribution in [3.8, 4) is 0 Å². The summed E-state index contributed by atoms with van der Waals surface area (Å²) in [5.74, 6) is 0. The van der Waals surface area contributed by atoms with E-state index >= 15 is 0 Å². The second-order valence-corrected chi connectivity index (χ2v) is 4.23. The van der Waals surface area contributed by atoms with Gasteiger partial charge < -0.3 is 5.32 Å². The van der Waals surface area contributed by atoms with E-state index < -0.39 is 0 Å². The van der Waals surface area contributed by atoms with E-state index in [1.807, 2.05) is 6.07 Å². The van der Waals surface area contributed by atoms with Crippen LogP contribution in [0.4, 0.5) is 11.4 Å². The van der Waals surface area contributed by atoms with Crippen LogP contribution in [0.25, 0.3) is 0 Å². The maximum atomic E-state index is 11.0. The van der Waals surface area contributed by atoms with Gasteiger partial charge in [0.05, 0.1) is 4.92 Å². The van der Waals surface area contributed by atoms with Crippen molar-refractivity contribution in [2.24, 2.45) is 0 Å². The third kappa shape index (κ3) is 3.70. The second kappa shape index (κ2) is 6.96. The zero-order valence-corrected chi connectivity index (χ0v) is 11.3. The largest absolute Gasteiger partial charge is 0.383 e. The molecule has 18 heavy (non-hydrogen) atoms. The van der Waals surface area contributed by atoms with Crippen LogP contribution in [-0.2, 0) is 6.54 Å². The van der Waals surface area contributed by atoms with E-state index in [2.05, 4.69) is 24.1 Å². The number of anilines is 1. The molecule has 5 heteroatoms. The van der Waals surface area contributed by atoms with Crippen molar-refractivity contribution in [1.29, 1.82) is 0 Å². The first kappa shape index (κ1) is 14.4. The van der Waals surface area contributed by atoms with Crippen LogP contribution in [0.5, 0.6) is 0 Å². The van der Waals surface area contributed by atoms with Crippen molar-refractivity contribution in [3.63, 3.8) is 0 Å². The third-order valence-electron chi connectivity index (χ3n) is 2.92. The molecular weight excluding hydrogens is 230 g/mol. The SMILES string of the molecule is CCCN(CC)Cc1ccc(NC)c([N+](=O)[O-])c1. The fourth-order valence-electron chi connectivity index (χ4n) is 1.96. The Morgan fingerprint density at radius 2 is 2.11 bits per heavy atom. The van der Waals surface area contributed by atoms with Crippen LogP contribution in [0.1, 0.15) is 25.8 Å². The van der Waals surface area contributed by atoms with Crippen molar-refractivity contribution >= 4 is 11.4 Å². The highest BCUT2D eigenvalue weighted by Crippen LogP contribution is 2.25.